The zero-order valence-corrected chi connectivity index (χ0v) is 27.4. The summed E-state index contributed by atoms with van der Waals surface area (Å²) in [6.45, 7) is 4.70. The van der Waals surface area contributed by atoms with Gasteiger partial charge in [-0.1, -0.05) is 135 Å². The van der Waals surface area contributed by atoms with E-state index < -0.39 is 0 Å². The Balaban J connectivity index is 1.26. The van der Waals surface area contributed by atoms with Gasteiger partial charge in [0.2, 0.25) is 0 Å². The first kappa shape index (κ1) is 27.9. The van der Waals surface area contributed by atoms with Crippen molar-refractivity contribution >= 4 is 60.5 Å². The molecule has 0 saturated heterocycles. The van der Waals surface area contributed by atoms with Crippen molar-refractivity contribution in [2.24, 2.45) is 0 Å². The van der Waals surface area contributed by atoms with E-state index in [-0.39, 0.29) is 5.41 Å². The zero-order valence-electron chi connectivity index (χ0n) is 27.4. The van der Waals surface area contributed by atoms with Crippen LogP contribution in [0.5, 0.6) is 0 Å². The highest BCUT2D eigenvalue weighted by molar-refractivity contribution is 6.19. The molecule has 0 bridgehead atoms. The van der Waals surface area contributed by atoms with Gasteiger partial charge in [-0.2, -0.15) is 0 Å². The summed E-state index contributed by atoms with van der Waals surface area (Å²) in [5.74, 6) is 0. The summed E-state index contributed by atoms with van der Waals surface area (Å²) < 4.78 is 6.45. The molecule has 10 rings (SSSR count). The van der Waals surface area contributed by atoms with E-state index in [0.29, 0.717) is 0 Å². The van der Waals surface area contributed by atoms with Crippen LogP contribution in [0.25, 0.3) is 65.7 Å². The van der Waals surface area contributed by atoms with Crippen LogP contribution in [-0.2, 0) is 5.41 Å². The van der Waals surface area contributed by atoms with Crippen LogP contribution in [0.4, 0.5) is 17.1 Å². The van der Waals surface area contributed by atoms with Gasteiger partial charge < -0.3 is 9.32 Å². The minimum atomic E-state index is -0.109. The van der Waals surface area contributed by atoms with Crippen molar-refractivity contribution in [2.75, 3.05) is 4.90 Å². The van der Waals surface area contributed by atoms with E-state index in [2.05, 4.69) is 183 Å². The fourth-order valence-corrected chi connectivity index (χ4v) is 8.31. The maximum Gasteiger partial charge on any atom is 0.136 e. The van der Waals surface area contributed by atoms with Gasteiger partial charge in [-0.3, -0.25) is 0 Å². The molecule has 1 aliphatic carbocycles. The van der Waals surface area contributed by atoms with Crippen molar-refractivity contribution < 1.29 is 4.42 Å². The van der Waals surface area contributed by atoms with Crippen LogP contribution in [-0.4, -0.2) is 0 Å². The van der Waals surface area contributed by atoms with Gasteiger partial charge in [0, 0.05) is 33.1 Å². The molecule has 0 fully saturated rings. The van der Waals surface area contributed by atoms with Crippen LogP contribution in [0.3, 0.4) is 0 Å². The molecule has 1 aliphatic rings. The highest BCUT2D eigenvalue weighted by Crippen LogP contribution is 2.54. The molecule has 0 amide bonds. The second-order valence-corrected chi connectivity index (χ2v) is 13.7. The average molecular weight is 628 g/mol. The number of hydrogen-bond acceptors (Lipinski definition) is 2. The van der Waals surface area contributed by atoms with Gasteiger partial charge in [0.25, 0.3) is 0 Å². The summed E-state index contributed by atoms with van der Waals surface area (Å²) in [4.78, 5) is 2.45. The molecule has 1 heterocycles. The maximum atomic E-state index is 6.45. The lowest BCUT2D eigenvalue weighted by molar-refractivity contribution is 0.660. The third kappa shape index (κ3) is 4.14. The fraction of sp³-hybridized carbons (Fsp3) is 0.0638. The number of hydrogen-bond donors (Lipinski definition) is 0. The largest absolute Gasteiger partial charge is 0.456 e. The molecule has 49 heavy (non-hydrogen) atoms. The SMILES string of the molecule is CC1(C)c2ccccc2-c2c(N(c3cccc(-c4cccc5ccccc45)c3)c3ccc4oc5ccc6ccccc6c5c4c3)cccc21. The predicted octanol–water partition coefficient (Wildman–Crippen LogP) is 13.3. The van der Waals surface area contributed by atoms with E-state index in [0.717, 1.165) is 33.3 Å². The molecule has 9 aromatic rings. The molecule has 232 valence electrons. The van der Waals surface area contributed by atoms with Crippen LogP contribution >= 0.6 is 0 Å². The van der Waals surface area contributed by atoms with Gasteiger partial charge >= 0.3 is 0 Å². The first-order valence-electron chi connectivity index (χ1n) is 17.0. The van der Waals surface area contributed by atoms with Crippen LogP contribution in [0.1, 0.15) is 25.0 Å². The molecule has 2 heteroatoms. The van der Waals surface area contributed by atoms with Crippen molar-refractivity contribution in [2.45, 2.75) is 19.3 Å². The van der Waals surface area contributed by atoms with E-state index in [1.54, 1.807) is 0 Å². The summed E-state index contributed by atoms with van der Waals surface area (Å²) in [6.07, 6.45) is 0. The third-order valence-corrected chi connectivity index (χ3v) is 10.6. The van der Waals surface area contributed by atoms with E-state index in [4.69, 9.17) is 4.42 Å². The lowest BCUT2D eigenvalue weighted by Crippen LogP contribution is -2.16. The van der Waals surface area contributed by atoms with Crippen molar-refractivity contribution in [3.63, 3.8) is 0 Å². The quantitative estimate of drug-likeness (QED) is 0.193. The second kappa shape index (κ2) is 10.4. The molecular formula is C47H33NO. The summed E-state index contributed by atoms with van der Waals surface area (Å²) in [5.41, 5.74) is 12.8. The summed E-state index contributed by atoms with van der Waals surface area (Å²) in [6, 6.07) is 59.5. The van der Waals surface area contributed by atoms with Crippen molar-refractivity contribution in [3.05, 3.63) is 175 Å². The molecule has 0 unspecified atom stereocenters. The number of rotatable bonds is 4. The summed E-state index contributed by atoms with van der Waals surface area (Å²) in [7, 11) is 0. The Labute approximate surface area is 285 Å². The van der Waals surface area contributed by atoms with Crippen molar-refractivity contribution in [1.29, 1.82) is 0 Å². The third-order valence-electron chi connectivity index (χ3n) is 10.6. The molecule has 0 saturated carbocycles. The second-order valence-electron chi connectivity index (χ2n) is 13.7. The van der Waals surface area contributed by atoms with E-state index in [9.17, 15) is 0 Å². The number of anilines is 3. The van der Waals surface area contributed by atoms with Crippen molar-refractivity contribution in [1.82, 2.24) is 0 Å². The Bertz CT molecular complexity index is 2760. The topological polar surface area (TPSA) is 16.4 Å². The Morgan fingerprint density at radius 1 is 0.469 bits per heavy atom. The minimum Gasteiger partial charge on any atom is -0.456 e. The first-order chi connectivity index (χ1) is 24.1. The van der Waals surface area contributed by atoms with Crippen LogP contribution in [0, 0.1) is 0 Å². The Hall–Kier alpha value is -6.12. The summed E-state index contributed by atoms with van der Waals surface area (Å²) in [5, 5.41) is 7.19. The Morgan fingerprint density at radius 2 is 1.12 bits per heavy atom. The fourth-order valence-electron chi connectivity index (χ4n) is 8.31. The zero-order chi connectivity index (χ0) is 32.7. The van der Waals surface area contributed by atoms with E-state index >= 15 is 0 Å². The van der Waals surface area contributed by atoms with Gasteiger partial charge in [0.15, 0.2) is 0 Å². The molecule has 0 N–H and O–H groups in total. The molecule has 0 radical (unpaired) electrons. The highest BCUT2D eigenvalue weighted by atomic mass is 16.3. The molecule has 1 aromatic heterocycles. The van der Waals surface area contributed by atoms with Crippen molar-refractivity contribution in [3.8, 4) is 22.3 Å². The Kier molecular flexibility index (Phi) is 5.95. The van der Waals surface area contributed by atoms with E-state index in [1.165, 1.54) is 60.6 Å². The standard InChI is InChI=1S/C47H33NO/c1-47(2)40-21-8-7-19-38(40)46-41(47)22-11-23-42(46)48(33-16-9-15-32(28-33)36-20-10-14-30-12-3-5-17-35(30)36)34-25-27-43-39(29-34)45-37-18-6-4-13-31(37)24-26-44(45)49-43/h3-29H,1-2H3. The minimum absolute atomic E-state index is 0.109. The Morgan fingerprint density at radius 3 is 2.02 bits per heavy atom. The number of fused-ring (bicyclic) bond motifs is 9. The molecular weight excluding hydrogens is 595 g/mol. The molecule has 0 spiro atoms. The predicted molar refractivity (Wildman–Crippen MR) is 206 cm³/mol. The number of benzene rings is 8. The van der Waals surface area contributed by atoms with Gasteiger partial charge in [-0.15, -0.1) is 0 Å². The van der Waals surface area contributed by atoms with E-state index in [1.807, 2.05) is 0 Å². The molecule has 2 nitrogen and oxygen atoms in total. The van der Waals surface area contributed by atoms with Crippen LogP contribution < -0.4 is 4.90 Å². The van der Waals surface area contributed by atoms with Crippen LogP contribution in [0.2, 0.25) is 0 Å². The highest BCUT2D eigenvalue weighted by Gasteiger charge is 2.37. The average Bonchev–Trinajstić information content (AvgIpc) is 3.64. The first-order valence-corrected chi connectivity index (χ1v) is 17.0. The number of nitrogens with zero attached hydrogens (tertiary/aromatic N) is 1. The normalized spacial score (nSPS) is 13.3. The molecule has 0 aliphatic heterocycles. The smallest absolute Gasteiger partial charge is 0.136 e. The lowest BCUT2D eigenvalue weighted by Gasteiger charge is -2.29. The van der Waals surface area contributed by atoms with Gasteiger partial charge in [-0.25, -0.2) is 0 Å². The number of furan rings is 1. The van der Waals surface area contributed by atoms with Gasteiger partial charge in [0.05, 0.1) is 5.69 Å². The van der Waals surface area contributed by atoms with Gasteiger partial charge in [0.1, 0.15) is 11.2 Å². The summed E-state index contributed by atoms with van der Waals surface area (Å²) >= 11 is 0. The molecule has 8 aromatic carbocycles. The van der Waals surface area contributed by atoms with Gasteiger partial charge in [-0.05, 0) is 91.8 Å². The monoisotopic (exact) mass is 627 g/mol. The molecule has 0 atom stereocenters. The van der Waals surface area contributed by atoms with Crippen LogP contribution in [0.15, 0.2) is 168 Å². The lowest BCUT2D eigenvalue weighted by atomic mass is 9.82. The maximum absolute atomic E-state index is 6.45.